The lowest BCUT2D eigenvalue weighted by Gasteiger charge is -2.38. The zero-order valence-electron chi connectivity index (χ0n) is 15.3. The second kappa shape index (κ2) is 8.34. The summed E-state index contributed by atoms with van der Waals surface area (Å²) >= 11 is 0. The molecule has 1 saturated heterocycles. The van der Waals surface area contributed by atoms with Gasteiger partial charge in [0.05, 0.1) is 0 Å². The zero-order valence-corrected chi connectivity index (χ0v) is 15.3. The summed E-state index contributed by atoms with van der Waals surface area (Å²) in [6.45, 7) is 9.57. The Balaban J connectivity index is 1.76. The molecule has 1 heterocycles. The van der Waals surface area contributed by atoms with Gasteiger partial charge in [-0.2, -0.15) is 0 Å². The van der Waals surface area contributed by atoms with E-state index < -0.39 is 5.60 Å². The minimum absolute atomic E-state index is 0.259. The van der Waals surface area contributed by atoms with Crippen molar-refractivity contribution in [3.05, 3.63) is 0 Å². The van der Waals surface area contributed by atoms with Crippen molar-refractivity contribution < 1.29 is 9.53 Å². The van der Waals surface area contributed by atoms with E-state index in [1.807, 2.05) is 20.8 Å². The molecule has 1 aliphatic carbocycles. The smallest absolute Gasteiger partial charge is 0.407 e. The Morgan fingerprint density at radius 2 is 1.96 bits per heavy atom. The molecule has 2 fully saturated rings. The number of nitrogens with one attached hydrogen (secondary N) is 3. The first-order chi connectivity index (χ1) is 10.8. The Hall–Kier alpha value is -0.810. The van der Waals surface area contributed by atoms with Crippen molar-refractivity contribution in [1.82, 2.24) is 16.0 Å². The van der Waals surface area contributed by atoms with E-state index in [1.54, 1.807) is 0 Å². The van der Waals surface area contributed by atoms with Crippen LogP contribution >= 0.6 is 0 Å². The number of hydrogen-bond donors (Lipinski definition) is 3. The lowest BCUT2D eigenvalue weighted by Crippen LogP contribution is -2.52. The van der Waals surface area contributed by atoms with Crippen molar-refractivity contribution >= 4 is 6.09 Å². The van der Waals surface area contributed by atoms with Crippen molar-refractivity contribution in [2.75, 3.05) is 13.1 Å². The summed E-state index contributed by atoms with van der Waals surface area (Å²) in [6.07, 6.45) is 7.53. The van der Waals surface area contributed by atoms with Gasteiger partial charge in [0, 0.05) is 24.7 Å². The molecule has 5 nitrogen and oxygen atoms in total. The van der Waals surface area contributed by atoms with Gasteiger partial charge in [0.1, 0.15) is 5.60 Å². The number of amides is 1. The fourth-order valence-electron chi connectivity index (χ4n) is 3.90. The zero-order chi connectivity index (χ0) is 16.9. The summed E-state index contributed by atoms with van der Waals surface area (Å²) in [4.78, 5) is 11.8. The molecule has 134 valence electrons. The van der Waals surface area contributed by atoms with Crippen LogP contribution in [0.1, 0.15) is 66.2 Å². The summed E-state index contributed by atoms with van der Waals surface area (Å²) in [5.41, 5.74) is -0.441. The third-order valence-corrected chi connectivity index (χ3v) is 4.88. The maximum atomic E-state index is 11.8. The second-order valence-corrected chi connectivity index (χ2v) is 8.21. The highest BCUT2D eigenvalue weighted by Crippen LogP contribution is 2.30. The maximum absolute atomic E-state index is 11.8. The van der Waals surface area contributed by atoms with Crippen LogP contribution in [0, 0.1) is 5.92 Å². The van der Waals surface area contributed by atoms with Gasteiger partial charge < -0.3 is 20.7 Å². The van der Waals surface area contributed by atoms with Crippen LogP contribution in [-0.2, 0) is 4.74 Å². The SMILES string of the molecule is CC(CNC(=O)OC(C)(C)C)NC1CCCCC1C1CCCN1. The first kappa shape index (κ1) is 18.5. The van der Waals surface area contributed by atoms with E-state index in [9.17, 15) is 4.79 Å². The highest BCUT2D eigenvalue weighted by molar-refractivity contribution is 5.67. The van der Waals surface area contributed by atoms with Gasteiger partial charge in [0.25, 0.3) is 0 Å². The van der Waals surface area contributed by atoms with Crippen LogP contribution in [0.4, 0.5) is 4.79 Å². The molecule has 0 bridgehead atoms. The van der Waals surface area contributed by atoms with E-state index in [4.69, 9.17) is 4.74 Å². The highest BCUT2D eigenvalue weighted by atomic mass is 16.6. The highest BCUT2D eigenvalue weighted by Gasteiger charge is 2.33. The third kappa shape index (κ3) is 6.30. The van der Waals surface area contributed by atoms with E-state index >= 15 is 0 Å². The Bertz CT molecular complexity index is 375. The molecule has 0 aromatic carbocycles. The van der Waals surface area contributed by atoms with Gasteiger partial charge in [0.2, 0.25) is 0 Å². The summed E-state index contributed by atoms with van der Waals surface area (Å²) in [5, 5.41) is 10.3. The molecule has 23 heavy (non-hydrogen) atoms. The topological polar surface area (TPSA) is 62.4 Å². The molecule has 0 aromatic heterocycles. The Labute approximate surface area is 141 Å². The second-order valence-electron chi connectivity index (χ2n) is 8.21. The van der Waals surface area contributed by atoms with E-state index in [2.05, 4.69) is 22.9 Å². The number of ether oxygens (including phenoxy) is 1. The fourth-order valence-corrected chi connectivity index (χ4v) is 3.90. The number of carbonyl (C=O) groups excluding carboxylic acids is 1. The normalized spacial score (nSPS) is 30.0. The van der Waals surface area contributed by atoms with Crippen LogP contribution in [0.15, 0.2) is 0 Å². The molecule has 1 saturated carbocycles. The monoisotopic (exact) mass is 325 g/mol. The average Bonchev–Trinajstić information content (AvgIpc) is 2.98. The standard InChI is InChI=1S/C18H35N3O2/c1-13(12-20-17(22)23-18(2,3)4)21-16-9-6-5-8-14(16)15-10-7-11-19-15/h13-16,19,21H,5-12H2,1-4H3,(H,20,22). The van der Waals surface area contributed by atoms with E-state index in [0.29, 0.717) is 18.6 Å². The minimum Gasteiger partial charge on any atom is -0.444 e. The van der Waals surface area contributed by atoms with Gasteiger partial charge in [0.15, 0.2) is 0 Å². The lowest BCUT2D eigenvalue weighted by molar-refractivity contribution is 0.0521. The van der Waals surface area contributed by atoms with Crippen LogP contribution in [0.3, 0.4) is 0 Å². The van der Waals surface area contributed by atoms with Crippen LogP contribution in [0.25, 0.3) is 0 Å². The lowest BCUT2D eigenvalue weighted by atomic mass is 9.79. The molecular formula is C18H35N3O2. The number of carbonyl (C=O) groups is 1. The average molecular weight is 325 g/mol. The molecule has 2 rings (SSSR count). The minimum atomic E-state index is -0.441. The van der Waals surface area contributed by atoms with Crippen LogP contribution in [0.2, 0.25) is 0 Å². The summed E-state index contributed by atoms with van der Waals surface area (Å²) in [7, 11) is 0. The Kier molecular flexibility index (Phi) is 6.72. The molecule has 0 spiro atoms. The van der Waals surface area contributed by atoms with Crippen molar-refractivity contribution in [3.8, 4) is 0 Å². The molecule has 4 unspecified atom stereocenters. The Morgan fingerprint density at radius 1 is 1.22 bits per heavy atom. The number of rotatable bonds is 5. The molecular weight excluding hydrogens is 290 g/mol. The van der Waals surface area contributed by atoms with Gasteiger partial charge in [-0.25, -0.2) is 4.79 Å². The third-order valence-electron chi connectivity index (χ3n) is 4.88. The first-order valence-corrected chi connectivity index (χ1v) is 9.31. The molecule has 4 atom stereocenters. The molecule has 1 aliphatic heterocycles. The van der Waals surface area contributed by atoms with Gasteiger partial charge in [-0.05, 0) is 65.8 Å². The van der Waals surface area contributed by atoms with Gasteiger partial charge >= 0.3 is 6.09 Å². The molecule has 2 aliphatic rings. The molecule has 3 N–H and O–H groups in total. The van der Waals surface area contributed by atoms with Gasteiger partial charge in [-0.1, -0.05) is 12.8 Å². The Morgan fingerprint density at radius 3 is 2.61 bits per heavy atom. The van der Waals surface area contributed by atoms with Crippen molar-refractivity contribution in [2.24, 2.45) is 5.92 Å². The maximum Gasteiger partial charge on any atom is 0.407 e. The van der Waals surface area contributed by atoms with Gasteiger partial charge in [-0.15, -0.1) is 0 Å². The van der Waals surface area contributed by atoms with Crippen LogP contribution in [-0.4, -0.2) is 42.9 Å². The molecule has 0 radical (unpaired) electrons. The summed E-state index contributed by atoms with van der Waals surface area (Å²) in [6, 6.07) is 1.50. The van der Waals surface area contributed by atoms with E-state index in [0.717, 1.165) is 5.92 Å². The number of alkyl carbamates (subject to hydrolysis) is 1. The molecule has 0 aromatic rings. The summed E-state index contributed by atoms with van der Waals surface area (Å²) < 4.78 is 5.29. The van der Waals surface area contributed by atoms with Crippen molar-refractivity contribution in [3.63, 3.8) is 0 Å². The fraction of sp³-hybridized carbons (Fsp3) is 0.944. The van der Waals surface area contributed by atoms with E-state index in [1.165, 1.54) is 45.1 Å². The summed E-state index contributed by atoms with van der Waals surface area (Å²) in [5.74, 6) is 0.732. The van der Waals surface area contributed by atoms with Gasteiger partial charge in [-0.3, -0.25) is 0 Å². The van der Waals surface area contributed by atoms with E-state index in [-0.39, 0.29) is 12.1 Å². The molecule has 1 amide bonds. The van der Waals surface area contributed by atoms with Crippen molar-refractivity contribution in [2.45, 2.75) is 89.9 Å². The predicted octanol–water partition coefficient (Wildman–Crippen LogP) is 2.80. The van der Waals surface area contributed by atoms with Crippen LogP contribution < -0.4 is 16.0 Å². The predicted molar refractivity (Wildman–Crippen MR) is 93.6 cm³/mol. The number of hydrogen-bond acceptors (Lipinski definition) is 4. The molecule has 5 heteroatoms. The van der Waals surface area contributed by atoms with Crippen LogP contribution in [0.5, 0.6) is 0 Å². The quantitative estimate of drug-likeness (QED) is 0.727. The largest absolute Gasteiger partial charge is 0.444 e. The van der Waals surface area contributed by atoms with Crippen molar-refractivity contribution in [1.29, 1.82) is 0 Å². The first-order valence-electron chi connectivity index (χ1n) is 9.31.